The normalized spacial score (nSPS) is 11.3. The summed E-state index contributed by atoms with van der Waals surface area (Å²) in [7, 11) is 4.76. The molecule has 144 valence electrons. The zero-order valence-corrected chi connectivity index (χ0v) is 16.8. The van der Waals surface area contributed by atoms with E-state index in [1.54, 1.807) is 33.5 Å². The average molecular weight is 369 g/mol. The van der Waals surface area contributed by atoms with Crippen LogP contribution in [0.5, 0.6) is 17.2 Å². The van der Waals surface area contributed by atoms with Crippen molar-refractivity contribution >= 4 is 17.7 Å². The summed E-state index contributed by atoms with van der Waals surface area (Å²) >= 11 is 0. The minimum Gasteiger partial charge on any atom is -0.497 e. The van der Waals surface area contributed by atoms with E-state index in [-0.39, 0.29) is 11.3 Å². The van der Waals surface area contributed by atoms with Crippen molar-refractivity contribution in [3.05, 3.63) is 53.6 Å². The first kappa shape index (κ1) is 20.4. The Kier molecular flexibility index (Phi) is 6.50. The molecule has 0 aliphatic carbocycles. The van der Waals surface area contributed by atoms with Gasteiger partial charge in [-0.05, 0) is 41.3 Å². The van der Waals surface area contributed by atoms with Crippen molar-refractivity contribution in [2.75, 3.05) is 26.6 Å². The first-order valence-corrected chi connectivity index (χ1v) is 8.68. The summed E-state index contributed by atoms with van der Waals surface area (Å²) in [5, 5.41) is 2.89. The molecule has 0 spiro atoms. The highest BCUT2D eigenvalue weighted by Crippen LogP contribution is 2.31. The van der Waals surface area contributed by atoms with Crippen LogP contribution in [-0.2, 0) is 10.2 Å². The zero-order chi connectivity index (χ0) is 20.0. The topological polar surface area (TPSA) is 56.8 Å². The van der Waals surface area contributed by atoms with Crippen molar-refractivity contribution in [3.63, 3.8) is 0 Å². The van der Waals surface area contributed by atoms with Gasteiger partial charge in [0.1, 0.15) is 17.2 Å². The van der Waals surface area contributed by atoms with Crippen LogP contribution in [-0.4, -0.2) is 27.2 Å². The van der Waals surface area contributed by atoms with Crippen molar-refractivity contribution in [1.82, 2.24) is 0 Å². The van der Waals surface area contributed by atoms with E-state index in [2.05, 4.69) is 26.1 Å². The largest absolute Gasteiger partial charge is 0.497 e. The average Bonchev–Trinajstić information content (AvgIpc) is 2.65. The van der Waals surface area contributed by atoms with E-state index in [0.29, 0.717) is 22.9 Å². The molecule has 5 nitrogen and oxygen atoms in total. The van der Waals surface area contributed by atoms with Crippen molar-refractivity contribution < 1.29 is 19.0 Å². The Morgan fingerprint density at radius 3 is 2.22 bits per heavy atom. The van der Waals surface area contributed by atoms with Crippen molar-refractivity contribution in [2.45, 2.75) is 26.2 Å². The number of carbonyl (C=O) groups is 1. The summed E-state index contributed by atoms with van der Waals surface area (Å²) in [6.07, 6.45) is 3.17. The van der Waals surface area contributed by atoms with Crippen LogP contribution >= 0.6 is 0 Å². The summed E-state index contributed by atoms with van der Waals surface area (Å²) < 4.78 is 15.9. The molecule has 1 N–H and O–H groups in total. The maximum absolute atomic E-state index is 12.4. The number of rotatable bonds is 6. The minimum absolute atomic E-state index is 0.0297. The monoisotopic (exact) mass is 369 g/mol. The molecule has 0 aromatic heterocycles. The predicted molar refractivity (Wildman–Crippen MR) is 109 cm³/mol. The summed E-state index contributed by atoms with van der Waals surface area (Å²) in [6.45, 7) is 6.36. The van der Waals surface area contributed by atoms with E-state index in [1.807, 2.05) is 30.3 Å². The number of hydrogen-bond acceptors (Lipinski definition) is 4. The van der Waals surface area contributed by atoms with Crippen molar-refractivity contribution in [3.8, 4) is 17.2 Å². The Morgan fingerprint density at radius 2 is 1.63 bits per heavy atom. The van der Waals surface area contributed by atoms with Gasteiger partial charge in [0.25, 0.3) is 0 Å². The number of carbonyl (C=O) groups excluding carboxylic acids is 1. The molecule has 0 bridgehead atoms. The molecule has 5 heteroatoms. The van der Waals surface area contributed by atoms with Crippen molar-refractivity contribution in [1.29, 1.82) is 0 Å². The lowest BCUT2D eigenvalue weighted by molar-refractivity contribution is -0.111. The minimum atomic E-state index is -0.253. The number of nitrogens with one attached hydrogen (secondary N) is 1. The van der Waals surface area contributed by atoms with Gasteiger partial charge in [0, 0.05) is 17.7 Å². The van der Waals surface area contributed by atoms with E-state index in [1.165, 1.54) is 6.08 Å². The molecule has 0 heterocycles. The van der Waals surface area contributed by atoms with Gasteiger partial charge in [0.2, 0.25) is 5.91 Å². The van der Waals surface area contributed by atoms with Crippen LogP contribution in [0.1, 0.15) is 31.9 Å². The molecule has 0 fully saturated rings. The molecule has 0 saturated carbocycles. The Bertz CT molecular complexity index is 835. The highest BCUT2D eigenvalue weighted by molar-refractivity contribution is 6.03. The number of ether oxygens (including phenoxy) is 3. The fraction of sp³-hybridized carbons (Fsp3) is 0.318. The first-order chi connectivity index (χ1) is 12.8. The molecule has 2 aromatic rings. The fourth-order valence-corrected chi connectivity index (χ4v) is 2.57. The lowest BCUT2D eigenvalue weighted by atomic mass is 9.87. The smallest absolute Gasteiger partial charge is 0.248 e. The van der Waals surface area contributed by atoms with Crippen LogP contribution in [0.2, 0.25) is 0 Å². The molecule has 0 unspecified atom stereocenters. The number of anilines is 1. The summed E-state index contributed by atoms with van der Waals surface area (Å²) in [5.41, 5.74) is 2.50. The third kappa shape index (κ3) is 5.26. The van der Waals surface area contributed by atoms with Gasteiger partial charge in [-0.1, -0.05) is 26.8 Å². The third-order valence-electron chi connectivity index (χ3n) is 4.18. The Labute approximate surface area is 161 Å². The molecule has 0 aliphatic rings. The van der Waals surface area contributed by atoms with E-state index >= 15 is 0 Å². The highest BCUT2D eigenvalue weighted by atomic mass is 16.5. The van der Waals surface area contributed by atoms with Crippen LogP contribution in [0.25, 0.3) is 6.08 Å². The van der Waals surface area contributed by atoms with Gasteiger partial charge in [-0.2, -0.15) is 0 Å². The molecule has 0 atom stereocenters. The molecule has 27 heavy (non-hydrogen) atoms. The van der Waals surface area contributed by atoms with Gasteiger partial charge in [-0.25, -0.2) is 0 Å². The predicted octanol–water partition coefficient (Wildman–Crippen LogP) is 4.66. The Hall–Kier alpha value is -2.95. The second kappa shape index (κ2) is 8.62. The second-order valence-electron chi connectivity index (χ2n) is 7.10. The molecule has 1 amide bonds. The van der Waals surface area contributed by atoms with Gasteiger partial charge < -0.3 is 19.5 Å². The number of benzene rings is 2. The first-order valence-electron chi connectivity index (χ1n) is 8.68. The lowest BCUT2D eigenvalue weighted by Crippen LogP contribution is -2.14. The van der Waals surface area contributed by atoms with Gasteiger partial charge >= 0.3 is 0 Å². The quantitative estimate of drug-likeness (QED) is 0.752. The van der Waals surface area contributed by atoms with Gasteiger partial charge in [0.05, 0.1) is 27.0 Å². The van der Waals surface area contributed by atoms with Crippen molar-refractivity contribution in [2.24, 2.45) is 0 Å². The molecule has 2 rings (SSSR count). The highest BCUT2D eigenvalue weighted by Gasteiger charge is 2.16. The SMILES string of the molecule is COc1ccc(C=CC(=O)Nc2cc(C(C)(C)C)ccc2OC)c(OC)c1. The van der Waals surface area contributed by atoms with Gasteiger partial charge in [-0.15, -0.1) is 0 Å². The standard InChI is InChI=1S/C22H27NO4/c1-22(2,3)16-9-11-19(26-5)18(13-16)23-21(24)12-8-15-7-10-17(25-4)14-20(15)27-6/h7-14H,1-6H3,(H,23,24). The molecular weight excluding hydrogens is 342 g/mol. The lowest BCUT2D eigenvalue weighted by Gasteiger charge is -2.21. The van der Waals surface area contributed by atoms with Crippen LogP contribution < -0.4 is 19.5 Å². The number of methoxy groups -OCH3 is 3. The van der Waals surface area contributed by atoms with Gasteiger partial charge in [-0.3, -0.25) is 4.79 Å². The number of amides is 1. The van der Waals surface area contributed by atoms with E-state index in [0.717, 1.165) is 11.1 Å². The molecule has 2 aromatic carbocycles. The Balaban J connectivity index is 2.22. The zero-order valence-electron chi connectivity index (χ0n) is 16.8. The molecule has 0 aliphatic heterocycles. The third-order valence-corrected chi connectivity index (χ3v) is 4.18. The van der Waals surface area contributed by atoms with Crippen LogP contribution in [0.4, 0.5) is 5.69 Å². The van der Waals surface area contributed by atoms with E-state index < -0.39 is 0 Å². The molecule has 0 saturated heterocycles. The summed E-state index contributed by atoms with van der Waals surface area (Å²) in [4.78, 5) is 12.4. The van der Waals surface area contributed by atoms with Crippen LogP contribution in [0, 0.1) is 0 Å². The fourth-order valence-electron chi connectivity index (χ4n) is 2.57. The number of hydrogen-bond donors (Lipinski definition) is 1. The van der Waals surface area contributed by atoms with E-state index in [9.17, 15) is 4.79 Å². The van der Waals surface area contributed by atoms with Crippen LogP contribution in [0.3, 0.4) is 0 Å². The molecular formula is C22H27NO4. The maximum atomic E-state index is 12.4. The second-order valence-corrected chi connectivity index (χ2v) is 7.10. The summed E-state index contributed by atoms with van der Waals surface area (Å²) in [5.74, 6) is 1.69. The van der Waals surface area contributed by atoms with Crippen LogP contribution in [0.15, 0.2) is 42.5 Å². The van der Waals surface area contributed by atoms with E-state index in [4.69, 9.17) is 14.2 Å². The van der Waals surface area contributed by atoms with Gasteiger partial charge in [0.15, 0.2) is 0 Å². The summed E-state index contributed by atoms with van der Waals surface area (Å²) in [6, 6.07) is 11.2. The molecule has 0 radical (unpaired) electrons. The maximum Gasteiger partial charge on any atom is 0.248 e. The Morgan fingerprint density at radius 1 is 0.926 bits per heavy atom.